The van der Waals surface area contributed by atoms with Gasteiger partial charge in [-0.2, -0.15) is 0 Å². The molecule has 1 heterocycles. The third kappa shape index (κ3) is 2.81. The van der Waals surface area contributed by atoms with Crippen molar-refractivity contribution in [1.29, 1.82) is 0 Å². The summed E-state index contributed by atoms with van der Waals surface area (Å²) >= 11 is 0. The van der Waals surface area contributed by atoms with E-state index in [2.05, 4.69) is 24.0 Å². The third-order valence-electron chi connectivity index (χ3n) is 5.06. The topological polar surface area (TPSA) is 55.7 Å². The number of hydrogen-bond acceptors (Lipinski definition) is 4. The summed E-state index contributed by atoms with van der Waals surface area (Å²) in [7, 11) is 1.38. The van der Waals surface area contributed by atoms with Crippen molar-refractivity contribution in [3.8, 4) is 0 Å². The molecular formula is C20H23NO3. The van der Waals surface area contributed by atoms with E-state index in [1.165, 1.54) is 12.7 Å². The van der Waals surface area contributed by atoms with E-state index in [1.807, 2.05) is 19.1 Å². The van der Waals surface area contributed by atoms with Crippen LogP contribution in [0.2, 0.25) is 0 Å². The van der Waals surface area contributed by atoms with Crippen LogP contribution < -0.4 is 0 Å². The number of esters is 1. The van der Waals surface area contributed by atoms with Crippen LogP contribution in [0.1, 0.15) is 50.2 Å². The molecule has 1 fully saturated rings. The van der Waals surface area contributed by atoms with Gasteiger partial charge in [0, 0.05) is 23.7 Å². The number of ketones is 1. The van der Waals surface area contributed by atoms with Gasteiger partial charge < -0.3 is 4.74 Å². The fraction of sp³-hybridized carbons (Fsp3) is 0.450. The van der Waals surface area contributed by atoms with Crippen LogP contribution in [0.3, 0.4) is 0 Å². The normalized spacial score (nSPS) is 23.6. The Balaban J connectivity index is 2.13. The first-order valence-electron chi connectivity index (χ1n) is 8.55. The number of fused-ring (bicyclic) bond motifs is 1. The number of carbonyl (C=O) groups excluding carboxylic acids is 2. The summed E-state index contributed by atoms with van der Waals surface area (Å²) < 4.78 is 4.99. The minimum atomic E-state index is -0.391. The van der Waals surface area contributed by atoms with Crippen LogP contribution in [0.5, 0.6) is 0 Å². The van der Waals surface area contributed by atoms with Crippen molar-refractivity contribution in [3.05, 3.63) is 46.7 Å². The average Bonchev–Trinajstić information content (AvgIpc) is 2.60. The molecule has 2 aliphatic rings. The van der Waals surface area contributed by atoms with Crippen molar-refractivity contribution in [3.63, 3.8) is 0 Å². The minimum absolute atomic E-state index is 0.179. The van der Waals surface area contributed by atoms with Crippen LogP contribution in [-0.2, 0) is 20.7 Å². The fourth-order valence-corrected chi connectivity index (χ4v) is 3.82. The predicted octanol–water partition coefficient (Wildman–Crippen LogP) is 3.60. The molecule has 0 bridgehead atoms. The van der Waals surface area contributed by atoms with Crippen molar-refractivity contribution in [1.82, 2.24) is 0 Å². The number of carbonyl (C=O) groups is 2. The Morgan fingerprint density at radius 2 is 1.92 bits per heavy atom. The second-order valence-corrected chi connectivity index (χ2v) is 6.46. The van der Waals surface area contributed by atoms with Gasteiger partial charge in [-0.1, -0.05) is 31.2 Å². The number of benzene rings is 1. The molecule has 1 aliphatic carbocycles. The predicted molar refractivity (Wildman–Crippen MR) is 93.1 cm³/mol. The van der Waals surface area contributed by atoms with Gasteiger partial charge in [0.2, 0.25) is 0 Å². The molecule has 1 aromatic carbocycles. The molecule has 1 aliphatic heterocycles. The SMILES string of the molecule is CCc1ccc([C@H]2C(C(=O)OC)=C(C)N=C3CCCC(=O)C32)cc1. The Bertz CT molecular complexity index is 728. The molecule has 0 N–H and O–H groups in total. The Labute approximate surface area is 142 Å². The first kappa shape index (κ1) is 16.6. The summed E-state index contributed by atoms with van der Waals surface area (Å²) in [6, 6.07) is 8.20. The van der Waals surface area contributed by atoms with Crippen molar-refractivity contribution in [2.24, 2.45) is 10.9 Å². The van der Waals surface area contributed by atoms with Gasteiger partial charge in [0.25, 0.3) is 0 Å². The molecule has 1 unspecified atom stereocenters. The quantitative estimate of drug-likeness (QED) is 0.798. The lowest BCUT2D eigenvalue weighted by Crippen LogP contribution is -2.39. The molecular weight excluding hydrogens is 302 g/mol. The molecule has 4 nitrogen and oxygen atoms in total. The molecule has 0 saturated heterocycles. The minimum Gasteiger partial charge on any atom is -0.466 e. The maximum Gasteiger partial charge on any atom is 0.336 e. The summed E-state index contributed by atoms with van der Waals surface area (Å²) in [5.41, 5.74) is 4.33. The zero-order valence-corrected chi connectivity index (χ0v) is 14.5. The van der Waals surface area contributed by atoms with E-state index < -0.39 is 5.97 Å². The Morgan fingerprint density at radius 3 is 2.54 bits per heavy atom. The maximum atomic E-state index is 12.6. The molecule has 3 rings (SSSR count). The molecule has 0 aromatic heterocycles. The second-order valence-electron chi connectivity index (χ2n) is 6.46. The molecule has 0 spiro atoms. The standard InChI is InChI=1S/C20H23NO3/c1-4-13-8-10-14(11-9-13)18-17(20(23)24-3)12(2)21-15-6-5-7-16(22)19(15)18/h8-11,18-19H,4-7H2,1-3H3/t18-,19?/m0/s1. The van der Waals surface area contributed by atoms with Crippen LogP contribution in [-0.4, -0.2) is 24.6 Å². The summed E-state index contributed by atoms with van der Waals surface area (Å²) in [6.45, 7) is 3.94. The van der Waals surface area contributed by atoms with Gasteiger partial charge in [-0.15, -0.1) is 0 Å². The summed E-state index contributed by atoms with van der Waals surface area (Å²) in [4.78, 5) is 29.6. The summed E-state index contributed by atoms with van der Waals surface area (Å²) in [5.74, 6) is -0.829. The van der Waals surface area contributed by atoms with Gasteiger partial charge in [-0.05, 0) is 37.3 Å². The van der Waals surface area contributed by atoms with E-state index in [0.29, 0.717) is 17.7 Å². The highest BCUT2D eigenvalue weighted by atomic mass is 16.5. The number of hydrogen-bond donors (Lipinski definition) is 0. The van der Waals surface area contributed by atoms with Crippen LogP contribution >= 0.6 is 0 Å². The molecule has 1 saturated carbocycles. The monoisotopic (exact) mass is 325 g/mol. The lowest BCUT2D eigenvalue weighted by atomic mass is 9.69. The van der Waals surface area contributed by atoms with Crippen LogP contribution in [0, 0.1) is 5.92 Å². The fourth-order valence-electron chi connectivity index (χ4n) is 3.82. The van der Waals surface area contributed by atoms with E-state index in [-0.39, 0.29) is 17.6 Å². The van der Waals surface area contributed by atoms with Gasteiger partial charge in [-0.25, -0.2) is 4.79 Å². The number of Topliss-reactive ketones (excluding diaryl/α,β-unsaturated/α-hetero) is 1. The van der Waals surface area contributed by atoms with Crippen molar-refractivity contribution >= 4 is 17.5 Å². The summed E-state index contributed by atoms with van der Waals surface area (Å²) in [5, 5.41) is 0. The van der Waals surface area contributed by atoms with Crippen molar-refractivity contribution in [2.75, 3.05) is 7.11 Å². The molecule has 126 valence electrons. The molecule has 2 atom stereocenters. The lowest BCUT2D eigenvalue weighted by molar-refractivity contribution is -0.136. The molecule has 1 aromatic rings. The van der Waals surface area contributed by atoms with Crippen LogP contribution in [0.4, 0.5) is 0 Å². The Kier molecular flexibility index (Phi) is 4.65. The number of aliphatic imine (C=N–C) groups is 1. The number of nitrogens with zero attached hydrogens (tertiary/aromatic N) is 1. The van der Waals surface area contributed by atoms with Crippen molar-refractivity contribution in [2.45, 2.75) is 45.4 Å². The third-order valence-corrected chi connectivity index (χ3v) is 5.06. The highest BCUT2D eigenvalue weighted by Gasteiger charge is 2.43. The van der Waals surface area contributed by atoms with Gasteiger partial charge in [0.1, 0.15) is 5.78 Å². The smallest absolute Gasteiger partial charge is 0.336 e. The maximum absolute atomic E-state index is 12.6. The van der Waals surface area contributed by atoms with E-state index in [9.17, 15) is 9.59 Å². The van der Waals surface area contributed by atoms with Crippen LogP contribution in [0.25, 0.3) is 0 Å². The lowest BCUT2D eigenvalue weighted by Gasteiger charge is -2.35. The van der Waals surface area contributed by atoms with Gasteiger partial charge >= 0.3 is 5.97 Å². The number of allylic oxidation sites excluding steroid dienone is 1. The van der Waals surface area contributed by atoms with E-state index in [1.54, 1.807) is 0 Å². The second kappa shape index (κ2) is 6.71. The number of aryl methyl sites for hydroxylation is 1. The first-order chi connectivity index (χ1) is 11.6. The van der Waals surface area contributed by atoms with Gasteiger partial charge in [0.15, 0.2) is 0 Å². The molecule has 0 amide bonds. The van der Waals surface area contributed by atoms with Gasteiger partial charge in [0.05, 0.1) is 18.6 Å². The zero-order valence-electron chi connectivity index (χ0n) is 14.5. The molecule has 4 heteroatoms. The number of ether oxygens (including phenoxy) is 1. The Hall–Kier alpha value is -2.23. The first-order valence-corrected chi connectivity index (χ1v) is 8.55. The van der Waals surface area contributed by atoms with Crippen LogP contribution in [0.15, 0.2) is 40.5 Å². The van der Waals surface area contributed by atoms with E-state index in [0.717, 1.165) is 30.5 Å². The Morgan fingerprint density at radius 1 is 1.21 bits per heavy atom. The van der Waals surface area contributed by atoms with E-state index in [4.69, 9.17) is 4.74 Å². The van der Waals surface area contributed by atoms with Gasteiger partial charge in [-0.3, -0.25) is 9.79 Å². The highest BCUT2D eigenvalue weighted by Crippen LogP contribution is 2.43. The number of methoxy groups -OCH3 is 1. The largest absolute Gasteiger partial charge is 0.466 e. The zero-order chi connectivity index (χ0) is 17.3. The molecule has 24 heavy (non-hydrogen) atoms. The highest BCUT2D eigenvalue weighted by molar-refractivity contribution is 6.11. The average molecular weight is 325 g/mol. The van der Waals surface area contributed by atoms with Crippen molar-refractivity contribution < 1.29 is 14.3 Å². The summed E-state index contributed by atoms with van der Waals surface area (Å²) in [6.07, 6.45) is 3.18. The van der Waals surface area contributed by atoms with E-state index >= 15 is 0 Å². The number of rotatable bonds is 3. The molecule has 0 radical (unpaired) electrons.